The fourth-order valence-electron chi connectivity index (χ4n) is 2.75. The molecular formula is C24H45N2O11P. The minimum Gasteiger partial charge on any atom is -0.469 e. The van der Waals surface area contributed by atoms with Gasteiger partial charge in [0, 0.05) is 12.0 Å². The molecule has 0 radical (unpaired) electrons. The summed E-state index contributed by atoms with van der Waals surface area (Å²) in [6.45, 7) is 14.9. The Bertz CT molecular complexity index is 857. The molecule has 13 nitrogen and oxygen atoms in total. The zero-order valence-corrected chi connectivity index (χ0v) is 25.2. The van der Waals surface area contributed by atoms with Crippen LogP contribution in [0.3, 0.4) is 0 Å². The molecule has 0 aliphatic carbocycles. The first-order chi connectivity index (χ1) is 17.5. The monoisotopic (exact) mass is 568 g/mol. The van der Waals surface area contributed by atoms with Crippen molar-refractivity contribution in [1.29, 1.82) is 0 Å². The molecule has 3 unspecified atom stereocenters. The number of phosphoric ester groups is 1. The second kappa shape index (κ2) is 15.4. The average molecular weight is 569 g/mol. The lowest BCUT2D eigenvalue weighted by molar-refractivity contribution is -0.154. The molecule has 0 saturated carbocycles. The lowest BCUT2D eigenvalue weighted by atomic mass is 9.82. The normalized spacial score (nSPS) is 23.3. The molecule has 1 aliphatic heterocycles. The third kappa shape index (κ3) is 12.1. The number of alkyl carbamates (subject to hydrolysis) is 1. The number of nitrogens with one attached hydrogen (secondary N) is 2. The Kier molecular flexibility index (Phi) is 14.5. The van der Waals surface area contributed by atoms with Gasteiger partial charge in [0.2, 0.25) is 12.7 Å². The molecule has 14 heteroatoms. The van der Waals surface area contributed by atoms with Crippen LogP contribution in [-0.2, 0) is 46.7 Å². The van der Waals surface area contributed by atoms with E-state index in [9.17, 15) is 23.7 Å². The Morgan fingerprint density at radius 1 is 1.08 bits per heavy atom. The van der Waals surface area contributed by atoms with E-state index in [4.69, 9.17) is 23.0 Å². The number of esters is 2. The van der Waals surface area contributed by atoms with E-state index < -0.39 is 61.0 Å². The Labute approximate surface area is 225 Å². The van der Waals surface area contributed by atoms with Gasteiger partial charge in [0.15, 0.2) is 6.10 Å². The van der Waals surface area contributed by atoms with Crippen LogP contribution in [0.25, 0.3) is 0 Å². The van der Waals surface area contributed by atoms with Crippen LogP contribution in [0.5, 0.6) is 0 Å². The maximum absolute atomic E-state index is 12.9. The minimum absolute atomic E-state index is 0.00130. The third-order valence-electron chi connectivity index (χ3n) is 5.34. The van der Waals surface area contributed by atoms with Gasteiger partial charge in [-0.3, -0.25) is 23.4 Å². The van der Waals surface area contributed by atoms with Crippen molar-refractivity contribution in [3.8, 4) is 0 Å². The highest BCUT2D eigenvalue weighted by Crippen LogP contribution is 2.57. The first-order valence-corrected chi connectivity index (χ1v) is 14.0. The van der Waals surface area contributed by atoms with Crippen molar-refractivity contribution >= 4 is 31.8 Å². The van der Waals surface area contributed by atoms with Gasteiger partial charge in [-0.15, -0.1) is 0 Å². The molecule has 2 N–H and O–H groups in total. The fraction of sp³-hybridized carbons (Fsp3) is 0.833. The van der Waals surface area contributed by atoms with Gasteiger partial charge in [-0.05, 0) is 41.0 Å². The van der Waals surface area contributed by atoms with Crippen molar-refractivity contribution in [1.82, 2.24) is 10.6 Å². The number of methoxy groups -OCH3 is 1. The smallest absolute Gasteiger partial charge is 0.469 e. The summed E-state index contributed by atoms with van der Waals surface area (Å²) in [5.41, 5.74) is -2.48. The SMILES string of the molecule is CC.CCC1(C)COP(=O)(OCOC(=O)NC(C)(C)COC(=O)C(C)(C)C)OC1C(=O)NCCC(=O)OC. The van der Waals surface area contributed by atoms with Crippen molar-refractivity contribution in [3.05, 3.63) is 0 Å². The van der Waals surface area contributed by atoms with Crippen molar-refractivity contribution in [2.24, 2.45) is 10.8 Å². The number of ether oxygens (including phenoxy) is 3. The number of carbonyl (C=O) groups excluding carboxylic acids is 4. The predicted octanol–water partition coefficient (Wildman–Crippen LogP) is 3.70. The highest BCUT2D eigenvalue weighted by molar-refractivity contribution is 7.48. The van der Waals surface area contributed by atoms with Gasteiger partial charge in [0.25, 0.3) is 0 Å². The summed E-state index contributed by atoms with van der Waals surface area (Å²) in [7, 11) is -3.02. The molecule has 2 amide bonds. The quantitative estimate of drug-likeness (QED) is 0.162. The van der Waals surface area contributed by atoms with E-state index in [1.807, 2.05) is 20.8 Å². The van der Waals surface area contributed by atoms with Crippen molar-refractivity contribution in [2.45, 2.75) is 86.8 Å². The molecule has 38 heavy (non-hydrogen) atoms. The number of amides is 2. The standard InChI is InChI=1S/C22H39N2O11P.C2H6/c1-9-22(7)13-33-36(29,35-16(22)17(26)23-11-10-15(25)30-8)34-14-32-19(28)24-21(5,6)12-31-18(27)20(2,3)4;1-2/h16H,9-14H2,1-8H3,(H,23,26)(H,24,28);1-2H3. The summed E-state index contributed by atoms with van der Waals surface area (Å²) in [6, 6.07) is 0. The van der Waals surface area contributed by atoms with Gasteiger partial charge in [-0.25, -0.2) is 13.9 Å². The van der Waals surface area contributed by atoms with Crippen LogP contribution < -0.4 is 10.6 Å². The maximum Gasteiger partial charge on any atom is 0.478 e. The molecule has 222 valence electrons. The summed E-state index contributed by atoms with van der Waals surface area (Å²) in [4.78, 5) is 48.0. The molecule has 1 saturated heterocycles. The van der Waals surface area contributed by atoms with E-state index >= 15 is 0 Å². The van der Waals surface area contributed by atoms with Gasteiger partial charge in [-0.1, -0.05) is 27.7 Å². The van der Waals surface area contributed by atoms with Crippen molar-refractivity contribution in [2.75, 3.05) is 33.7 Å². The van der Waals surface area contributed by atoms with Crippen LogP contribution >= 0.6 is 7.82 Å². The zero-order chi connectivity index (χ0) is 29.8. The predicted molar refractivity (Wildman–Crippen MR) is 138 cm³/mol. The Morgan fingerprint density at radius 3 is 2.21 bits per heavy atom. The number of phosphoric acid groups is 1. The Morgan fingerprint density at radius 2 is 1.68 bits per heavy atom. The lowest BCUT2D eigenvalue weighted by Crippen LogP contribution is -2.51. The van der Waals surface area contributed by atoms with Crippen LogP contribution in [0, 0.1) is 10.8 Å². The van der Waals surface area contributed by atoms with E-state index in [0.29, 0.717) is 6.42 Å². The first kappa shape index (κ1) is 35.8. The third-order valence-corrected chi connectivity index (χ3v) is 6.68. The Hall–Kier alpha value is -2.21. The second-order valence-electron chi connectivity index (χ2n) is 10.3. The van der Waals surface area contributed by atoms with Crippen molar-refractivity contribution in [3.63, 3.8) is 0 Å². The van der Waals surface area contributed by atoms with Crippen LogP contribution in [0.1, 0.15) is 75.2 Å². The molecule has 1 aliphatic rings. The van der Waals surface area contributed by atoms with Gasteiger partial charge >= 0.3 is 25.9 Å². The van der Waals surface area contributed by atoms with Crippen LogP contribution in [0.2, 0.25) is 0 Å². The largest absolute Gasteiger partial charge is 0.478 e. The summed E-state index contributed by atoms with van der Waals surface area (Å²) >= 11 is 0. The summed E-state index contributed by atoms with van der Waals surface area (Å²) < 4.78 is 43.3. The Balaban J connectivity index is 0.00000667. The first-order valence-electron chi connectivity index (χ1n) is 12.5. The zero-order valence-electron chi connectivity index (χ0n) is 24.3. The van der Waals surface area contributed by atoms with Gasteiger partial charge in [0.1, 0.15) is 6.61 Å². The van der Waals surface area contributed by atoms with Crippen LogP contribution in [0.4, 0.5) is 4.79 Å². The van der Waals surface area contributed by atoms with Crippen LogP contribution in [0.15, 0.2) is 0 Å². The highest BCUT2D eigenvalue weighted by Gasteiger charge is 2.50. The summed E-state index contributed by atoms with van der Waals surface area (Å²) in [5.74, 6) is -1.52. The van der Waals surface area contributed by atoms with E-state index in [1.54, 1.807) is 41.5 Å². The molecule has 0 aromatic heterocycles. The second-order valence-corrected chi connectivity index (χ2v) is 12.0. The fourth-order valence-corrected chi connectivity index (χ4v) is 4.19. The minimum atomic E-state index is -4.25. The molecule has 0 bridgehead atoms. The van der Waals surface area contributed by atoms with E-state index in [2.05, 4.69) is 15.4 Å². The summed E-state index contributed by atoms with van der Waals surface area (Å²) in [6.07, 6.45) is -1.72. The molecule has 0 aromatic carbocycles. The molecule has 3 atom stereocenters. The van der Waals surface area contributed by atoms with E-state index in [0.717, 1.165) is 0 Å². The lowest BCUT2D eigenvalue weighted by Gasteiger charge is -2.41. The molecule has 0 aromatic rings. The maximum atomic E-state index is 12.9. The number of rotatable bonds is 11. The number of hydrogen-bond donors (Lipinski definition) is 2. The van der Waals surface area contributed by atoms with Gasteiger partial charge in [0.05, 0.1) is 31.1 Å². The molecule has 1 heterocycles. The molecule has 1 rings (SSSR count). The number of carbonyl (C=O) groups is 4. The average Bonchev–Trinajstić information content (AvgIpc) is 2.84. The van der Waals surface area contributed by atoms with Crippen molar-refractivity contribution < 1.29 is 51.5 Å². The summed E-state index contributed by atoms with van der Waals surface area (Å²) in [5, 5.41) is 5.05. The van der Waals surface area contributed by atoms with Gasteiger partial charge < -0.3 is 24.8 Å². The molecule has 1 fully saturated rings. The molecular weight excluding hydrogens is 523 g/mol. The van der Waals surface area contributed by atoms with E-state index in [1.165, 1.54) is 7.11 Å². The highest BCUT2D eigenvalue weighted by atomic mass is 31.2. The number of hydrogen-bond acceptors (Lipinski definition) is 11. The topological polar surface area (TPSA) is 165 Å². The van der Waals surface area contributed by atoms with Crippen LogP contribution in [-0.4, -0.2) is 69.2 Å². The molecule has 0 spiro atoms. The van der Waals surface area contributed by atoms with E-state index in [-0.39, 0.29) is 26.2 Å². The van der Waals surface area contributed by atoms with Gasteiger partial charge in [-0.2, -0.15) is 0 Å².